The Labute approximate surface area is 115 Å². The SMILES string of the molecule is Cc1ccc(NC(=O)Nc2ccc(C(=O)O)cn2)cc1. The van der Waals surface area contributed by atoms with Crippen molar-refractivity contribution in [2.24, 2.45) is 0 Å². The fourth-order valence-electron chi connectivity index (χ4n) is 1.51. The molecule has 6 heteroatoms. The van der Waals surface area contributed by atoms with E-state index >= 15 is 0 Å². The van der Waals surface area contributed by atoms with Crippen LogP contribution in [0.2, 0.25) is 0 Å². The smallest absolute Gasteiger partial charge is 0.337 e. The molecular formula is C14H13N3O3. The number of hydrogen-bond acceptors (Lipinski definition) is 3. The fourth-order valence-corrected chi connectivity index (χ4v) is 1.51. The third-order valence-electron chi connectivity index (χ3n) is 2.56. The maximum atomic E-state index is 11.7. The van der Waals surface area contributed by atoms with Gasteiger partial charge >= 0.3 is 12.0 Å². The average molecular weight is 271 g/mol. The number of amides is 2. The number of carboxylic acid groups (broad SMARTS) is 1. The number of nitrogens with one attached hydrogen (secondary N) is 2. The van der Waals surface area contributed by atoms with Gasteiger partial charge in [0.1, 0.15) is 5.82 Å². The molecular weight excluding hydrogens is 258 g/mol. The maximum Gasteiger partial charge on any atom is 0.337 e. The van der Waals surface area contributed by atoms with Crippen molar-refractivity contribution in [3.8, 4) is 0 Å². The van der Waals surface area contributed by atoms with Crippen LogP contribution >= 0.6 is 0 Å². The van der Waals surface area contributed by atoms with Crippen LogP contribution in [0.15, 0.2) is 42.6 Å². The summed E-state index contributed by atoms with van der Waals surface area (Å²) in [5.74, 6) is -0.784. The third-order valence-corrected chi connectivity index (χ3v) is 2.56. The molecule has 1 aromatic carbocycles. The van der Waals surface area contributed by atoms with Crippen LogP contribution in [0.3, 0.4) is 0 Å². The van der Waals surface area contributed by atoms with Crippen LogP contribution in [0.4, 0.5) is 16.3 Å². The monoisotopic (exact) mass is 271 g/mol. The van der Waals surface area contributed by atoms with Crippen LogP contribution in [0.1, 0.15) is 15.9 Å². The van der Waals surface area contributed by atoms with Gasteiger partial charge in [-0.25, -0.2) is 14.6 Å². The van der Waals surface area contributed by atoms with Gasteiger partial charge in [-0.2, -0.15) is 0 Å². The molecule has 6 nitrogen and oxygen atoms in total. The number of aromatic nitrogens is 1. The largest absolute Gasteiger partial charge is 0.478 e. The van der Waals surface area contributed by atoms with Gasteiger partial charge in [-0.05, 0) is 31.2 Å². The van der Waals surface area contributed by atoms with E-state index in [1.807, 2.05) is 19.1 Å². The summed E-state index contributed by atoms with van der Waals surface area (Å²) in [5.41, 5.74) is 1.83. The van der Waals surface area contributed by atoms with Crippen molar-refractivity contribution < 1.29 is 14.7 Å². The number of benzene rings is 1. The van der Waals surface area contributed by atoms with E-state index in [1.54, 1.807) is 12.1 Å². The minimum absolute atomic E-state index is 0.0643. The lowest BCUT2D eigenvalue weighted by Gasteiger charge is -2.07. The normalized spacial score (nSPS) is 9.85. The molecule has 2 aromatic rings. The molecule has 0 aliphatic rings. The minimum atomic E-state index is -1.06. The molecule has 0 spiro atoms. The topological polar surface area (TPSA) is 91.3 Å². The summed E-state index contributed by atoms with van der Waals surface area (Å²) in [6.07, 6.45) is 1.18. The maximum absolute atomic E-state index is 11.7. The first-order valence-electron chi connectivity index (χ1n) is 5.88. The molecule has 0 atom stereocenters. The van der Waals surface area contributed by atoms with E-state index in [-0.39, 0.29) is 11.4 Å². The highest BCUT2D eigenvalue weighted by Gasteiger charge is 2.06. The van der Waals surface area contributed by atoms with Gasteiger partial charge in [-0.1, -0.05) is 17.7 Å². The third kappa shape index (κ3) is 3.55. The second-order valence-electron chi connectivity index (χ2n) is 4.18. The van der Waals surface area contributed by atoms with Gasteiger partial charge in [-0.3, -0.25) is 5.32 Å². The molecule has 1 aromatic heterocycles. The number of aromatic carboxylic acids is 1. The highest BCUT2D eigenvalue weighted by molar-refractivity contribution is 5.99. The van der Waals surface area contributed by atoms with Crippen molar-refractivity contribution in [3.05, 3.63) is 53.7 Å². The van der Waals surface area contributed by atoms with Crippen molar-refractivity contribution in [2.45, 2.75) is 6.92 Å². The zero-order chi connectivity index (χ0) is 14.5. The van der Waals surface area contributed by atoms with Gasteiger partial charge in [-0.15, -0.1) is 0 Å². The number of carbonyl (C=O) groups is 2. The lowest BCUT2D eigenvalue weighted by atomic mass is 10.2. The van der Waals surface area contributed by atoms with E-state index in [2.05, 4.69) is 15.6 Å². The van der Waals surface area contributed by atoms with Gasteiger partial charge in [0.05, 0.1) is 5.56 Å². The second kappa shape index (κ2) is 5.83. The number of carbonyl (C=O) groups excluding carboxylic acids is 1. The van der Waals surface area contributed by atoms with Crippen LogP contribution in [-0.4, -0.2) is 22.1 Å². The summed E-state index contributed by atoms with van der Waals surface area (Å²) >= 11 is 0. The lowest BCUT2D eigenvalue weighted by molar-refractivity contribution is 0.0696. The van der Waals surface area contributed by atoms with Crippen LogP contribution in [0.5, 0.6) is 0 Å². The van der Waals surface area contributed by atoms with Gasteiger partial charge in [0.15, 0.2) is 0 Å². The summed E-state index contributed by atoms with van der Waals surface area (Å²) in [7, 11) is 0. The average Bonchev–Trinajstić information content (AvgIpc) is 2.42. The Morgan fingerprint density at radius 2 is 1.75 bits per heavy atom. The number of nitrogens with zero attached hydrogens (tertiary/aromatic N) is 1. The molecule has 1 heterocycles. The first-order chi connectivity index (χ1) is 9.54. The van der Waals surface area contributed by atoms with Crippen LogP contribution in [-0.2, 0) is 0 Å². The molecule has 102 valence electrons. The Balaban J connectivity index is 1.97. The number of rotatable bonds is 3. The molecule has 0 saturated carbocycles. The van der Waals surface area contributed by atoms with Crippen molar-refractivity contribution in [3.63, 3.8) is 0 Å². The van der Waals surface area contributed by atoms with Crippen molar-refractivity contribution in [2.75, 3.05) is 10.6 Å². The van der Waals surface area contributed by atoms with Crippen molar-refractivity contribution >= 4 is 23.5 Å². The molecule has 0 unspecified atom stereocenters. The molecule has 0 aliphatic heterocycles. The zero-order valence-corrected chi connectivity index (χ0v) is 10.8. The highest BCUT2D eigenvalue weighted by atomic mass is 16.4. The molecule has 20 heavy (non-hydrogen) atoms. The van der Waals surface area contributed by atoms with E-state index in [1.165, 1.54) is 18.3 Å². The predicted molar refractivity (Wildman–Crippen MR) is 75.0 cm³/mol. The van der Waals surface area contributed by atoms with Crippen molar-refractivity contribution in [1.82, 2.24) is 4.98 Å². The first-order valence-corrected chi connectivity index (χ1v) is 5.88. The first kappa shape index (κ1) is 13.5. The Morgan fingerprint density at radius 3 is 2.30 bits per heavy atom. The molecule has 2 rings (SSSR count). The number of urea groups is 1. The van der Waals surface area contributed by atoms with Gasteiger partial charge in [0.25, 0.3) is 0 Å². The van der Waals surface area contributed by atoms with E-state index in [0.29, 0.717) is 5.69 Å². The standard InChI is InChI=1S/C14H13N3O3/c1-9-2-5-11(6-3-9)16-14(20)17-12-7-4-10(8-15-12)13(18)19/h2-8H,1H3,(H,18,19)(H2,15,16,17,20). The Bertz CT molecular complexity index is 621. The Morgan fingerprint density at radius 1 is 1.05 bits per heavy atom. The van der Waals surface area contributed by atoms with Crippen LogP contribution in [0.25, 0.3) is 0 Å². The van der Waals surface area contributed by atoms with Gasteiger partial charge in [0, 0.05) is 11.9 Å². The van der Waals surface area contributed by atoms with Crippen LogP contribution < -0.4 is 10.6 Å². The quantitative estimate of drug-likeness (QED) is 0.800. The van der Waals surface area contributed by atoms with E-state index in [9.17, 15) is 9.59 Å². The van der Waals surface area contributed by atoms with E-state index in [4.69, 9.17) is 5.11 Å². The molecule has 2 amide bonds. The van der Waals surface area contributed by atoms with Gasteiger partial charge < -0.3 is 10.4 Å². The summed E-state index contributed by atoms with van der Waals surface area (Å²) in [6, 6.07) is 9.70. The van der Waals surface area contributed by atoms with E-state index < -0.39 is 12.0 Å². The second-order valence-corrected chi connectivity index (χ2v) is 4.18. The molecule has 0 fully saturated rings. The van der Waals surface area contributed by atoms with Gasteiger partial charge in [0.2, 0.25) is 0 Å². The Hall–Kier alpha value is -2.89. The number of hydrogen-bond donors (Lipinski definition) is 3. The molecule has 0 radical (unpaired) electrons. The number of carboxylic acids is 1. The summed E-state index contributed by atoms with van der Waals surface area (Å²) in [5, 5.41) is 13.9. The summed E-state index contributed by atoms with van der Waals surface area (Å²) in [6.45, 7) is 1.96. The Kier molecular flexibility index (Phi) is 3.95. The summed E-state index contributed by atoms with van der Waals surface area (Å²) in [4.78, 5) is 26.2. The minimum Gasteiger partial charge on any atom is -0.478 e. The number of pyridine rings is 1. The zero-order valence-electron chi connectivity index (χ0n) is 10.8. The molecule has 0 bridgehead atoms. The fraction of sp³-hybridized carbons (Fsp3) is 0.0714. The number of anilines is 2. The lowest BCUT2D eigenvalue weighted by Crippen LogP contribution is -2.20. The van der Waals surface area contributed by atoms with Crippen molar-refractivity contribution in [1.29, 1.82) is 0 Å². The molecule has 0 aliphatic carbocycles. The van der Waals surface area contributed by atoms with E-state index in [0.717, 1.165) is 5.56 Å². The van der Waals surface area contributed by atoms with Crippen LogP contribution in [0, 0.1) is 6.92 Å². The molecule has 0 saturated heterocycles. The molecule has 3 N–H and O–H groups in total. The predicted octanol–water partition coefficient (Wildman–Crippen LogP) is 2.73. The highest BCUT2D eigenvalue weighted by Crippen LogP contribution is 2.10. The summed E-state index contributed by atoms with van der Waals surface area (Å²) < 4.78 is 0. The number of aryl methyl sites for hydroxylation is 1.